The molecule has 2 rings (SSSR count). The smallest absolute Gasteiger partial charge is 0.163 e. The van der Waals surface area contributed by atoms with Crippen LogP contribution in [0, 0.1) is 0 Å². The Labute approximate surface area is 100 Å². The fourth-order valence-electron chi connectivity index (χ4n) is 1.60. The first-order valence-corrected chi connectivity index (χ1v) is 6.72. The van der Waals surface area contributed by atoms with E-state index in [0.717, 1.165) is 34.3 Å². The summed E-state index contributed by atoms with van der Waals surface area (Å²) in [5.41, 5.74) is 7.92. The Hall–Kier alpha value is -1.03. The van der Waals surface area contributed by atoms with E-state index < -0.39 is 0 Å². The van der Waals surface area contributed by atoms with Crippen molar-refractivity contribution in [2.75, 3.05) is 24.7 Å². The van der Waals surface area contributed by atoms with Gasteiger partial charge in [-0.1, -0.05) is 6.92 Å². The maximum Gasteiger partial charge on any atom is 0.163 e. The molecule has 1 heterocycles. The largest absolute Gasteiger partial charge is 0.486 e. The van der Waals surface area contributed by atoms with E-state index >= 15 is 0 Å². The van der Waals surface area contributed by atoms with E-state index in [9.17, 15) is 0 Å². The van der Waals surface area contributed by atoms with Gasteiger partial charge in [0.1, 0.15) is 13.2 Å². The van der Waals surface area contributed by atoms with Gasteiger partial charge in [-0.2, -0.15) is 11.8 Å². The van der Waals surface area contributed by atoms with Gasteiger partial charge < -0.3 is 15.2 Å². The standard InChI is InChI=1S/C12H17NO2S/c1-2-5-16-8-9-6-11-12(7-10(9)13)15-4-3-14-11/h6-7H,2-5,8,13H2,1H3. The van der Waals surface area contributed by atoms with Gasteiger partial charge in [-0.05, 0) is 23.8 Å². The Balaban J connectivity index is 2.12. The third kappa shape index (κ3) is 2.55. The number of benzene rings is 1. The minimum atomic E-state index is 0.608. The summed E-state index contributed by atoms with van der Waals surface area (Å²) < 4.78 is 11.0. The number of thioether (sulfide) groups is 1. The first kappa shape index (κ1) is 11.5. The molecule has 4 heteroatoms. The van der Waals surface area contributed by atoms with Crippen LogP contribution >= 0.6 is 11.8 Å². The first-order chi connectivity index (χ1) is 7.81. The van der Waals surface area contributed by atoms with Gasteiger partial charge in [-0.15, -0.1) is 0 Å². The summed E-state index contributed by atoms with van der Waals surface area (Å²) in [6, 6.07) is 3.88. The summed E-state index contributed by atoms with van der Waals surface area (Å²) in [7, 11) is 0. The lowest BCUT2D eigenvalue weighted by Crippen LogP contribution is -2.15. The molecule has 0 fully saturated rings. The molecule has 1 aromatic carbocycles. The van der Waals surface area contributed by atoms with Crippen LogP contribution in [-0.2, 0) is 5.75 Å². The van der Waals surface area contributed by atoms with Crippen LogP contribution in [0.3, 0.4) is 0 Å². The summed E-state index contributed by atoms with van der Waals surface area (Å²) in [6.07, 6.45) is 1.19. The van der Waals surface area contributed by atoms with Crippen LogP contribution in [0.15, 0.2) is 12.1 Å². The number of anilines is 1. The molecule has 1 aliphatic rings. The van der Waals surface area contributed by atoms with Crippen molar-refractivity contribution in [3.63, 3.8) is 0 Å². The minimum Gasteiger partial charge on any atom is -0.486 e. The second-order valence-corrected chi connectivity index (χ2v) is 4.85. The van der Waals surface area contributed by atoms with Crippen molar-refractivity contribution in [3.8, 4) is 11.5 Å². The summed E-state index contributed by atoms with van der Waals surface area (Å²) >= 11 is 1.89. The normalized spacial score (nSPS) is 13.8. The average molecular weight is 239 g/mol. The third-order valence-corrected chi connectivity index (χ3v) is 3.62. The molecule has 0 bridgehead atoms. The van der Waals surface area contributed by atoms with Gasteiger partial charge in [0.2, 0.25) is 0 Å². The van der Waals surface area contributed by atoms with Crippen LogP contribution in [0.5, 0.6) is 11.5 Å². The molecule has 0 atom stereocenters. The highest BCUT2D eigenvalue weighted by Gasteiger charge is 2.14. The van der Waals surface area contributed by atoms with E-state index in [1.807, 2.05) is 23.9 Å². The van der Waals surface area contributed by atoms with Crippen molar-refractivity contribution in [1.29, 1.82) is 0 Å². The zero-order valence-electron chi connectivity index (χ0n) is 9.49. The van der Waals surface area contributed by atoms with Crippen molar-refractivity contribution in [2.45, 2.75) is 19.1 Å². The highest BCUT2D eigenvalue weighted by molar-refractivity contribution is 7.98. The van der Waals surface area contributed by atoms with E-state index in [1.165, 1.54) is 6.42 Å². The van der Waals surface area contributed by atoms with Gasteiger partial charge in [0.15, 0.2) is 11.5 Å². The second kappa shape index (κ2) is 5.34. The van der Waals surface area contributed by atoms with E-state index in [4.69, 9.17) is 15.2 Å². The van der Waals surface area contributed by atoms with E-state index in [1.54, 1.807) is 0 Å². The Morgan fingerprint density at radius 2 is 1.94 bits per heavy atom. The lowest BCUT2D eigenvalue weighted by Gasteiger charge is -2.20. The molecule has 0 saturated heterocycles. The molecule has 0 spiro atoms. The van der Waals surface area contributed by atoms with Crippen LogP contribution in [0.1, 0.15) is 18.9 Å². The van der Waals surface area contributed by atoms with Crippen molar-refractivity contribution in [1.82, 2.24) is 0 Å². The van der Waals surface area contributed by atoms with E-state index in [2.05, 4.69) is 6.92 Å². The Morgan fingerprint density at radius 3 is 2.62 bits per heavy atom. The molecule has 0 saturated carbocycles. The van der Waals surface area contributed by atoms with Gasteiger partial charge >= 0.3 is 0 Å². The van der Waals surface area contributed by atoms with Gasteiger partial charge in [0, 0.05) is 17.5 Å². The quantitative estimate of drug-likeness (QED) is 0.648. The summed E-state index contributed by atoms with van der Waals surface area (Å²) in [5.74, 6) is 3.70. The number of ether oxygens (including phenoxy) is 2. The molecule has 0 aliphatic carbocycles. The number of hydrogen-bond acceptors (Lipinski definition) is 4. The molecule has 1 aliphatic heterocycles. The predicted octanol–water partition coefficient (Wildman–Crippen LogP) is 2.68. The fourth-order valence-corrected chi connectivity index (χ4v) is 2.50. The number of fused-ring (bicyclic) bond motifs is 1. The Kier molecular flexibility index (Phi) is 3.83. The fraction of sp³-hybridized carbons (Fsp3) is 0.500. The van der Waals surface area contributed by atoms with Crippen LogP contribution < -0.4 is 15.2 Å². The molecule has 3 nitrogen and oxygen atoms in total. The average Bonchev–Trinajstić information content (AvgIpc) is 2.30. The topological polar surface area (TPSA) is 44.5 Å². The number of nitrogens with two attached hydrogens (primary N) is 1. The molecular weight excluding hydrogens is 222 g/mol. The molecule has 88 valence electrons. The summed E-state index contributed by atoms with van der Waals surface area (Å²) in [4.78, 5) is 0. The lowest BCUT2D eigenvalue weighted by molar-refractivity contribution is 0.171. The first-order valence-electron chi connectivity index (χ1n) is 5.57. The number of hydrogen-bond donors (Lipinski definition) is 1. The molecule has 0 radical (unpaired) electrons. The molecule has 16 heavy (non-hydrogen) atoms. The lowest BCUT2D eigenvalue weighted by atomic mass is 10.2. The Morgan fingerprint density at radius 1 is 1.25 bits per heavy atom. The maximum absolute atomic E-state index is 5.98. The van der Waals surface area contributed by atoms with Crippen molar-refractivity contribution < 1.29 is 9.47 Å². The summed E-state index contributed by atoms with van der Waals surface area (Å²) in [6.45, 7) is 3.41. The van der Waals surface area contributed by atoms with E-state index in [-0.39, 0.29) is 0 Å². The van der Waals surface area contributed by atoms with Gasteiger partial charge in [0.05, 0.1) is 0 Å². The van der Waals surface area contributed by atoms with Crippen LogP contribution in [0.2, 0.25) is 0 Å². The van der Waals surface area contributed by atoms with E-state index in [0.29, 0.717) is 13.2 Å². The molecule has 2 N–H and O–H groups in total. The monoisotopic (exact) mass is 239 g/mol. The van der Waals surface area contributed by atoms with Gasteiger partial charge in [0.25, 0.3) is 0 Å². The third-order valence-electron chi connectivity index (χ3n) is 2.41. The zero-order chi connectivity index (χ0) is 11.4. The van der Waals surface area contributed by atoms with Crippen molar-refractivity contribution in [3.05, 3.63) is 17.7 Å². The second-order valence-electron chi connectivity index (χ2n) is 3.75. The molecular formula is C12H17NO2S. The molecule has 1 aromatic rings. The predicted molar refractivity (Wildman–Crippen MR) is 68.3 cm³/mol. The zero-order valence-corrected chi connectivity index (χ0v) is 10.3. The minimum absolute atomic E-state index is 0.608. The molecule has 0 amide bonds. The van der Waals surface area contributed by atoms with Crippen LogP contribution in [0.25, 0.3) is 0 Å². The SMILES string of the molecule is CCCSCc1cc2c(cc1N)OCCO2. The number of rotatable bonds is 4. The van der Waals surface area contributed by atoms with Crippen molar-refractivity contribution in [2.24, 2.45) is 0 Å². The highest BCUT2D eigenvalue weighted by atomic mass is 32.2. The molecule has 0 aromatic heterocycles. The van der Waals surface area contributed by atoms with Crippen LogP contribution in [0.4, 0.5) is 5.69 Å². The maximum atomic E-state index is 5.98. The van der Waals surface area contributed by atoms with Crippen LogP contribution in [-0.4, -0.2) is 19.0 Å². The Bertz CT molecular complexity index is 368. The van der Waals surface area contributed by atoms with Crippen molar-refractivity contribution >= 4 is 17.4 Å². The summed E-state index contributed by atoms with van der Waals surface area (Å²) in [5, 5.41) is 0. The number of nitrogen functional groups attached to an aromatic ring is 1. The van der Waals surface area contributed by atoms with Gasteiger partial charge in [-0.3, -0.25) is 0 Å². The van der Waals surface area contributed by atoms with Gasteiger partial charge in [-0.25, -0.2) is 0 Å². The molecule has 0 unspecified atom stereocenters. The highest BCUT2D eigenvalue weighted by Crippen LogP contribution is 2.35.